The van der Waals surface area contributed by atoms with Gasteiger partial charge in [0.2, 0.25) is 0 Å². The summed E-state index contributed by atoms with van der Waals surface area (Å²) in [5, 5.41) is 2.66. The Morgan fingerprint density at radius 1 is 0.778 bits per heavy atom. The fourth-order valence-electron chi connectivity index (χ4n) is 1.52. The normalized spacial score (nSPS) is 10.4. The molecule has 0 spiro atoms. The third-order valence-electron chi connectivity index (χ3n) is 2.36. The van der Waals surface area contributed by atoms with Crippen molar-refractivity contribution < 1.29 is 17.6 Å². The van der Waals surface area contributed by atoms with Crippen molar-refractivity contribution in [2.24, 2.45) is 0 Å². The number of hydrogen-bond acceptors (Lipinski definition) is 1. The van der Waals surface area contributed by atoms with Gasteiger partial charge in [-0.2, -0.15) is 0 Å². The molecule has 0 fully saturated rings. The van der Waals surface area contributed by atoms with Crippen LogP contribution in [0.5, 0.6) is 0 Å². The van der Waals surface area contributed by atoms with Crippen molar-refractivity contribution >= 4 is 5.69 Å². The van der Waals surface area contributed by atoms with Crippen molar-refractivity contribution in [2.45, 2.75) is 6.54 Å². The zero-order valence-electron chi connectivity index (χ0n) is 9.18. The summed E-state index contributed by atoms with van der Waals surface area (Å²) in [4.78, 5) is 0. The molecule has 0 saturated carbocycles. The molecule has 0 aliphatic heterocycles. The molecule has 0 unspecified atom stereocenters. The standard InChI is InChI=1S/C13H9F4N/c14-9-2-1-8(13(17)6-9)7-18-12-4-10(15)3-11(16)5-12/h1-6,18H,7H2. The quantitative estimate of drug-likeness (QED) is 0.821. The van der Waals surface area contributed by atoms with E-state index in [1.165, 1.54) is 6.07 Å². The highest BCUT2D eigenvalue weighted by molar-refractivity contribution is 5.44. The highest BCUT2D eigenvalue weighted by Crippen LogP contribution is 2.15. The molecule has 2 aromatic rings. The largest absolute Gasteiger partial charge is 0.381 e. The van der Waals surface area contributed by atoms with Crippen LogP contribution in [0.4, 0.5) is 23.2 Å². The summed E-state index contributed by atoms with van der Waals surface area (Å²) in [5.74, 6) is -2.83. The molecule has 0 aromatic heterocycles. The zero-order chi connectivity index (χ0) is 13.1. The van der Waals surface area contributed by atoms with Crippen LogP contribution in [0.1, 0.15) is 5.56 Å². The smallest absolute Gasteiger partial charge is 0.131 e. The fraction of sp³-hybridized carbons (Fsp3) is 0.0769. The van der Waals surface area contributed by atoms with E-state index < -0.39 is 23.3 Å². The van der Waals surface area contributed by atoms with Gasteiger partial charge in [0.15, 0.2) is 0 Å². The molecule has 1 nitrogen and oxygen atoms in total. The summed E-state index contributed by atoms with van der Waals surface area (Å²) >= 11 is 0. The van der Waals surface area contributed by atoms with Gasteiger partial charge in [-0.05, 0) is 18.2 Å². The van der Waals surface area contributed by atoms with Crippen molar-refractivity contribution in [3.05, 3.63) is 65.2 Å². The summed E-state index contributed by atoms with van der Waals surface area (Å²) in [6, 6.07) is 6.06. The molecule has 0 amide bonds. The van der Waals surface area contributed by atoms with Gasteiger partial charge in [-0.1, -0.05) is 6.07 Å². The Hall–Kier alpha value is -2.04. The van der Waals surface area contributed by atoms with Crippen LogP contribution in [0.3, 0.4) is 0 Å². The number of anilines is 1. The maximum atomic E-state index is 13.3. The highest BCUT2D eigenvalue weighted by Gasteiger charge is 2.05. The van der Waals surface area contributed by atoms with Gasteiger partial charge in [0.1, 0.15) is 23.3 Å². The first-order valence-electron chi connectivity index (χ1n) is 5.18. The van der Waals surface area contributed by atoms with E-state index in [1.807, 2.05) is 0 Å². The average molecular weight is 255 g/mol. The molecule has 1 N–H and O–H groups in total. The van der Waals surface area contributed by atoms with Crippen molar-refractivity contribution in [1.82, 2.24) is 0 Å². The third-order valence-corrected chi connectivity index (χ3v) is 2.36. The van der Waals surface area contributed by atoms with E-state index in [0.29, 0.717) is 0 Å². The third kappa shape index (κ3) is 3.00. The Kier molecular flexibility index (Phi) is 3.50. The second-order valence-corrected chi connectivity index (χ2v) is 3.75. The van der Waals surface area contributed by atoms with Gasteiger partial charge >= 0.3 is 0 Å². The van der Waals surface area contributed by atoms with Gasteiger partial charge in [0.05, 0.1) is 0 Å². The monoisotopic (exact) mass is 255 g/mol. The lowest BCUT2D eigenvalue weighted by atomic mass is 10.2. The molecule has 2 rings (SSSR count). The van der Waals surface area contributed by atoms with E-state index >= 15 is 0 Å². The van der Waals surface area contributed by atoms with E-state index in [9.17, 15) is 17.6 Å². The number of hydrogen-bond donors (Lipinski definition) is 1. The Labute approximate surface area is 101 Å². The Balaban J connectivity index is 2.11. The van der Waals surface area contributed by atoms with Gasteiger partial charge < -0.3 is 5.32 Å². The maximum Gasteiger partial charge on any atom is 0.131 e. The SMILES string of the molecule is Fc1cc(F)cc(NCc2ccc(F)cc2F)c1. The molecule has 18 heavy (non-hydrogen) atoms. The molecular formula is C13H9F4N. The van der Waals surface area contributed by atoms with Gasteiger partial charge in [0.25, 0.3) is 0 Å². The second-order valence-electron chi connectivity index (χ2n) is 3.75. The maximum absolute atomic E-state index is 13.3. The van der Waals surface area contributed by atoms with Crippen LogP contribution in [0.2, 0.25) is 0 Å². The lowest BCUT2D eigenvalue weighted by Gasteiger charge is -2.08. The molecule has 0 aliphatic carbocycles. The van der Waals surface area contributed by atoms with Crippen LogP contribution in [0, 0.1) is 23.3 Å². The molecule has 5 heteroatoms. The zero-order valence-corrected chi connectivity index (χ0v) is 9.18. The molecule has 0 aliphatic rings. The number of benzene rings is 2. The van der Waals surface area contributed by atoms with E-state index in [1.54, 1.807) is 0 Å². The number of nitrogens with one attached hydrogen (secondary N) is 1. The van der Waals surface area contributed by atoms with Crippen LogP contribution in [0.15, 0.2) is 36.4 Å². The molecular weight excluding hydrogens is 246 g/mol. The molecule has 0 heterocycles. The second kappa shape index (κ2) is 5.08. The first kappa shape index (κ1) is 12.4. The molecule has 2 aromatic carbocycles. The Bertz CT molecular complexity index is 549. The lowest BCUT2D eigenvalue weighted by molar-refractivity contribution is 0.573. The summed E-state index contributed by atoms with van der Waals surface area (Å²) < 4.78 is 51.7. The molecule has 94 valence electrons. The Morgan fingerprint density at radius 2 is 1.44 bits per heavy atom. The average Bonchev–Trinajstić information content (AvgIpc) is 2.26. The summed E-state index contributed by atoms with van der Waals surface area (Å²) in [6.45, 7) is 0.00894. The minimum atomic E-state index is -0.725. The van der Waals surface area contributed by atoms with Crippen molar-refractivity contribution in [3.8, 4) is 0 Å². The van der Waals surface area contributed by atoms with Crippen molar-refractivity contribution in [3.63, 3.8) is 0 Å². The predicted octanol–water partition coefficient (Wildman–Crippen LogP) is 3.86. The number of halogens is 4. The summed E-state index contributed by atoms with van der Waals surface area (Å²) in [6.07, 6.45) is 0. The van der Waals surface area contributed by atoms with E-state index in [2.05, 4.69) is 5.32 Å². The van der Waals surface area contributed by atoms with Crippen LogP contribution in [-0.4, -0.2) is 0 Å². The molecule has 0 atom stereocenters. The van der Waals surface area contributed by atoms with Gasteiger partial charge in [-0.25, -0.2) is 17.6 Å². The molecule has 0 bridgehead atoms. The van der Waals surface area contributed by atoms with E-state index in [-0.39, 0.29) is 17.8 Å². The number of rotatable bonds is 3. The van der Waals surface area contributed by atoms with Gasteiger partial charge in [-0.15, -0.1) is 0 Å². The van der Waals surface area contributed by atoms with Crippen LogP contribution in [0.25, 0.3) is 0 Å². The highest BCUT2D eigenvalue weighted by atomic mass is 19.1. The van der Waals surface area contributed by atoms with Crippen LogP contribution >= 0.6 is 0 Å². The predicted molar refractivity (Wildman–Crippen MR) is 60.0 cm³/mol. The van der Waals surface area contributed by atoms with Gasteiger partial charge in [0, 0.05) is 29.9 Å². The minimum absolute atomic E-state index is 0.00894. The first-order chi connectivity index (χ1) is 8.54. The summed E-state index contributed by atoms with van der Waals surface area (Å²) in [5.41, 5.74) is 0.400. The minimum Gasteiger partial charge on any atom is -0.381 e. The Morgan fingerprint density at radius 3 is 2.06 bits per heavy atom. The van der Waals surface area contributed by atoms with Crippen LogP contribution in [-0.2, 0) is 6.54 Å². The molecule has 0 radical (unpaired) electrons. The van der Waals surface area contributed by atoms with Crippen molar-refractivity contribution in [1.29, 1.82) is 0 Å². The van der Waals surface area contributed by atoms with Gasteiger partial charge in [-0.3, -0.25) is 0 Å². The van der Waals surface area contributed by atoms with Crippen LogP contribution < -0.4 is 5.32 Å². The molecule has 0 saturated heterocycles. The first-order valence-corrected chi connectivity index (χ1v) is 5.18. The topological polar surface area (TPSA) is 12.0 Å². The fourth-order valence-corrected chi connectivity index (χ4v) is 1.52. The van der Waals surface area contributed by atoms with Crippen molar-refractivity contribution in [2.75, 3.05) is 5.32 Å². The summed E-state index contributed by atoms with van der Waals surface area (Å²) in [7, 11) is 0. The van der Waals surface area contributed by atoms with E-state index in [0.717, 1.165) is 30.3 Å². The lowest BCUT2D eigenvalue weighted by Crippen LogP contribution is -2.02. The van der Waals surface area contributed by atoms with E-state index in [4.69, 9.17) is 0 Å².